The summed E-state index contributed by atoms with van der Waals surface area (Å²) in [5.41, 5.74) is 11.2. The molecule has 0 saturated heterocycles. The van der Waals surface area contributed by atoms with Crippen LogP contribution in [-0.2, 0) is 53.6 Å². The first kappa shape index (κ1) is 64.6. The Hall–Kier alpha value is -4.40. The van der Waals surface area contributed by atoms with E-state index in [1.54, 1.807) is 52.3 Å². The number of nitrogens with zero attached hydrogens (tertiary/aromatic N) is 2. The highest BCUT2D eigenvalue weighted by Crippen LogP contribution is 2.29. The number of rotatable bonds is 21. The van der Waals surface area contributed by atoms with Crippen molar-refractivity contribution in [1.29, 1.82) is 0 Å². The highest BCUT2D eigenvalue weighted by atomic mass is 79.9. The number of nitro benzene ring substituents is 2. The van der Waals surface area contributed by atoms with Crippen LogP contribution in [0, 0.1) is 75.6 Å². The number of hydrogen-bond acceptors (Lipinski definition) is 17. The van der Waals surface area contributed by atoms with Crippen LogP contribution < -0.4 is 5.73 Å². The van der Waals surface area contributed by atoms with E-state index >= 15 is 0 Å². The largest absolute Gasteiger partial charge is 0.398 e. The first-order valence-corrected chi connectivity index (χ1v) is 29.4. The van der Waals surface area contributed by atoms with E-state index in [0.717, 1.165) is 26.7 Å². The molecule has 4 aromatic carbocycles. The number of nitrogen functional groups attached to an aromatic ring is 1. The monoisotopic (exact) mass is 1140 g/mol. The van der Waals surface area contributed by atoms with Crippen LogP contribution in [0.2, 0.25) is 0 Å². The van der Waals surface area contributed by atoms with Gasteiger partial charge in [0.15, 0.2) is 39.3 Å². The Morgan fingerprint density at radius 2 is 0.690 bits per heavy atom. The number of aryl methyl sites for hydroxylation is 8. The number of aliphatic hydroxyl groups is 1. The van der Waals surface area contributed by atoms with Crippen LogP contribution in [0.1, 0.15) is 70.2 Å². The fourth-order valence-electron chi connectivity index (χ4n) is 6.87. The highest BCUT2D eigenvalue weighted by molar-refractivity contribution is 9.10. The van der Waals surface area contributed by atoms with Crippen molar-refractivity contribution in [2.45, 2.75) is 101 Å². The minimum atomic E-state index is -3.49. The summed E-state index contributed by atoms with van der Waals surface area (Å²) in [5, 5.41) is 30.3. The molecule has 3 N–H and O–H groups in total. The Morgan fingerprint density at radius 3 is 0.915 bits per heavy atom. The van der Waals surface area contributed by atoms with Gasteiger partial charge in [0.2, 0.25) is 0 Å². The number of benzene rings is 4. The van der Waals surface area contributed by atoms with E-state index in [-0.39, 0.29) is 57.2 Å². The third-order valence-electron chi connectivity index (χ3n) is 10.6. The van der Waals surface area contributed by atoms with Crippen LogP contribution >= 0.6 is 15.9 Å². The predicted molar refractivity (Wildman–Crippen MR) is 278 cm³/mol. The number of sulfone groups is 4. The molecule has 0 aliphatic carbocycles. The summed E-state index contributed by atoms with van der Waals surface area (Å²) in [4.78, 5) is 21.6. The topological polar surface area (TPSA) is 297 Å². The standard InChI is InChI=1S/C12H17BrO3S.C12H17NO5S.C12H19NO3S.C11H15NO5S/c1-9-7-11(8-10(2)12(9)13)17(14,15)6-4-5-16-3;1-9-7-11(8-10(2)12(9)13(14)15)19(16,17)6-4-5-18-3;1-9-7-11(8-10(2)12(9)13)17(14,15)6-4-5-16-3;1-8-6-10(18(16,17)5-3-4-13)7-9(2)11(8)12(14)15/h7-8H,4-6H2,1-3H3;7-8H,4-6H2,1-3H3;7-8H,4-6,13H2,1-3H3;6-7,13H,3-5H2,1-2H3. The van der Waals surface area contributed by atoms with Crippen molar-refractivity contribution in [3.63, 3.8) is 0 Å². The van der Waals surface area contributed by atoms with E-state index < -0.39 is 49.2 Å². The van der Waals surface area contributed by atoms with Gasteiger partial charge >= 0.3 is 0 Å². The minimum absolute atomic E-state index is 0.0302. The molecule has 4 aromatic rings. The molecule has 0 atom stereocenters. The number of anilines is 1. The minimum Gasteiger partial charge on any atom is -0.398 e. The number of nitro groups is 2. The van der Waals surface area contributed by atoms with Crippen LogP contribution in [0.3, 0.4) is 0 Å². The average molecular weight is 1140 g/mol. The van der Waals surface area contributed by atoms with Crippen molar-refractivity contribution in [3.8, 4) is 0 Å². The van der Waals surface area contributed by atoms with Crippen LogP contribution in [0.25, 0.3) is 0 Å². The Kier molecular flexibility index (Phi) is 26.7. The van der Waals surface area contributed by atoms with Crippen LogP contribution in [0.5, 0.6) is 0 Å². The van der Waals surface area contributed by atoms with Gasteiger partial charge in [0, 0.05) is 80.2 Å². The van der Waals surface area contributed by atoms with E-state index in [2.05, 4.69) is 15.9 Å². The molecular formula is C47H68BrN3O16S4. The summed E-state index contributed by atoms with van der Waals surface area (Å²) in [6.45, 7) is 14.6. The zero-order valence-corrected chi connectivity index (χ0v) is 47.0. The molecule has 0 aromatic heterocycles. The highest BCUT2D eigenvalue weighted by Gasteiger charge is 2.23. The lowest BCUT2D eigenvalue weighted by Gasteiger charge is -2.09. The lowest BCUT2D eigenvalue weighted by atomic mass is 10.1. The molecule has 19 nitrogen and oxygen atoms in total. The Bertz CT molecular complexity index is 2740. The van der Waals surface area contributed by atoms with Crippen LogP contribution in [0.4, 0.5) is 17.1 Å². The molecule has 71 heavy (non-hydrogen) atoms. The van der Waals surface area contributed by atoms with Gasteiger partial charge in [-0.2, -0.15) is 0 Å². The molecular weight excluding hydrogens is 1070 g/mol. The summed E-state index contributed by atoms with van der Waals surface area (Å²) in [5.74, 6) is 0.0305. The molecule has 0 aliphatic heterocycles. The van der Waals surface area contributed by atoms with E-state index in [1.165, 1.54) is 45.2 Å². The Labute approximate surface area is 427 Å². The van der Waals surface area contributed by atoms with Crippen molar-refractivity contribution in [1.82, 2.24) is 0 Å². The van der Waals surface area contributed by atoms with Gasteiger partial charge in [0.1, 0.15) is 0 Å². The number of aliphatic hydroxyl groups excluding tert-OH is 1. The summed E-state index contributed by atoms with van der Waals surface area (Å²) < 4.78 is 112. The van der Waals surface area contributed by atoms with E-state index in [1.807, 2.05) is 27.7 Å². The van der Waals surface area contributed by atoms with Gasteiger partial charge in [-0.3, -0.25) is 20.2 Å². The second kappa shape index (κ2) is 29.3. The van der Waals surface area contributed by atoms with Gasteiger partial charge in [0.05, 0.1) is 52.4 Å². The Balaban J connectivity index is 0.000000474. The maximum absolute atomic E-state index is 12.1. The number of hydrogen-bond donors (Lipinski definition) is 2. The zero-order valence-electron chi connectivity index (χ0n) is 42.2. The molecule has 0 spiro atoms. The van der Waals surface area contributed by atoms with Crippen molar-refractivity contribution in [3.05, 3.63) is 118 Å². The SMILES string of the molecule is COCCCS(=O)(=O)c1cc(C)c(Br)c(C)c1.COCCCS(=O)(=O)c1cc(C)c(N)c(C)c1.COCCCS(=O)(=O)c1cc(C)c([N+](=O)[O-])c(C)c1.Cc1cc(S(=O)(=O)CCCO)cc(C)c1[N+](=O)[O-]. The van der Waals surface area contributed by atoms with Gasteiger partial charge in [-0.15, -0.1) is 0 Å². The van der Waals surface area contributed by atoms with Crippen molar-refractivity contribution >= 4 is 72.3 Å². The first-order valence-electron chi connectivity index (χ1n) is 22.0. The summed E-state index contributed by atoms with van der Waals surface area (Å²) in [6, 6.07) is 12.0. The lowest BCUT2D eigenvalue weighted by molar-refractivity contribution is -0.386. The van der Waals surface area contributed by atoms with Gasteiger partial charge in [-0.25, -0.2) is 33.7 Å². The Morgan fingerprint density at radius 1 is 0.465 bits per heavy atom. The molecule has 0 bridgehead atoms. The third-order valence-corrected chi connectivity index (χ3v) is 18.9. The first-order chi connectivity index (χ1) is 32.8. The number of methoxy groups -OCH3 is 3. The van der Waals surface area contributed by atoms with Gasteiger partial charge < -0.3 is 25.1 Å². The lowest BCUT2D eigenvalue weighted by Crippen LogP contribution is -2.10. The molecule has 0 radical (unpaired) electrons. The summed E-state index contributed by atoms with van der Waals surface area (Å²) in [6.07, 6.45) is 1.57. The van der Waals surface area contributed by atoms with Gasteiger partial charge in [-0.1, -0.05) is 15.9 Å². The normalized spacial score (nSPS) is 11.6. The van der Waals surface area contributed by atoms with Crippen molar-refractivity contribution < 1.29 is 62.8 Å². The summed E-state index contributed by atoms with van der Waals surface area (Å²) >= 11 is 3.43. The number of halogens is 1. The maximum atomic E-state index is 12.1. The van der Waals surface area contributed by atoms with Gasteiger partial charge in [-0.05, 0) is 152 Å². The van der Waals surface area contributed by atoms with Crippen LogP contribution in [-0.4, -0.2) is 119 Å². The quantitative estimate of drug-likeness (QED) is 0.0346. The smallest absolute Gasteiger partial charge is 0.275 e. The molecule has 0 heterocycles. The maximum Gasteiger partial charge on any atom is 0.275 e. The number of ether oxygens (including phenoxy) is 3. The van der Waals surface area contributed by atoms with Crippen molar-refractivity contribution in [2.75, 3.05) is 76.5 Å². The molecule has 0 fully saturated rings. The second-order valence-electron chi connectivity index (χ2n) is 16.6. The van der Waals surface area contributed by atoms with Gasteiger partial charge in [0.25, 0.3) is 11.4 Å². The van der Waals surface area contributed by atoms with Crippen LogP contribution in [0.15, 0.2) is 72.6 Å². The second-order valence-corrected chi connectivity index (χ2v) is 25.8. The fraction of sp³-hybridized carbons (Fsp3) is 0.489. The molecule has 398 valence electrons. The fourth-order valence-corrected chi connectivity index (χ4v) is 12.9. The zero-order chi connectivity index (χ0) is 54.7. The molecule has 0 amide bonds. The van der Waals surface area contributed by atoms with E-state index in [9.17, 15) is 53.9 Å². The van der Waals surface area contributed by atoms with E-state index in [0.29, 0.717) is 76.8 Å². The van der Waals surface area contributed by atoms with E-state index in [4.69, 9.17) is 25.1 Å². The average Bonchev–Trinajstić information content (AvgIpc) is 3.26. The molecule has 0 unspecified atom stereocenters. The molecule has 24 heteroatoms. The number of nitrogens with two attached hydrogens (primary N) is 1. The molecule has 0 saturated carbocycles. The molecule has 0 aliphatic rings. The third kappa shape index (κ3) is 20.2. The molecule has 4 rings (SSSR count). The predicted octanol–water partition coefficient (Wildman–Crippen LogP) is 7.96. The van der Waals surface area contributed by atoms with Crippen molar-refractivity contribution in [2.24, 2.45) is 0 Å². The summed E-state index contributed by atoms with van der Waals surface area (Å²) in [7, 11) is -8.70.